The monoisotopic (exact) mass is 404 g/mol. The van der Waals surface area contributed by atoms with E-state index in [4.69, 9.17) is 21.7 Å². The Balaban J connectivity index is 1.95. The number of rotatable bonds is 8. The molecule has 0 aliphatic rings. The Morgan fingerprint density at radius 1 is 1.21 bits per heavy atom. The van der Waals surface area contributed by atoms with Crippen molar-refractivity contribution in [2.24, 2.45) is 5.10 Å². The van der Waals surface area contributed by atoms with Gasteiger partial charge in [0.05, 0.1) is 18.8 Å². The molecule has 2 aromatic carbocycles. The summed E-state index contributed by atoms with van der Waals surface area (Å²) in [4.78, 5) is 10.5. The molecule has 0 bridgehead atoms. The molecule has 0 saturated carbocycles. The van der Waals surface area contributed by atoms with Crippen LogP contribution >= 0.6 is 12.2 Å². The van der Waals surface area contributed by atoms with Crippen LogP contribution in [0.2, 0.25) is 0 Å². The Labute approximate surface area is 167 Å². The van der Waals surface area contributed by atoms with Gasteiger partial charge in [-0.2, -0.15) is 5.10 Å². The van der Waals surface area contributed by atoms with E-state index in [9.17, 15) is 14.3 Å². The van der Waals surface area contributed by atoms with Gasteiger partial charge in [-0.3, -0.25) is 5.43 Å². The molecule has 0 aliphatic carbocycles. The van der Waals surface area contributed by atoms with E-state index in [0.717, 1.165) is 11.1 Å². The van der Waals surface area contributed by atoms with Crippen molar-refractivity contribution < 1.29 is 23.8 Å². The quantitative estimate of drug-likeness (QED) is 0.390. The van der Waals surface area contributed by atoms with E-state index in [-0.39, 0.29) is 11.6 Å². The number of carbonyl (C=O) groups excluding carboxylic acids is 1. The maximum atomic E-state index is 12.9. The van der Waals surface area contributed by atoms with Gasteiger partial charge in [0.2, 0.25) is 0 Å². The first-order valence-corrected chi connectivity index (χ1v) is 8.63. The zero-order chi connectivity index (χ0) is 20.5. The molecular weight excluding hydrogens is 385 g/mol. The number of hydrazone groups is 1. The number of carbonyl (C=O) groups is 1. The molecule has 9 heteroatoms. The minimum atomic E-state index is -1.32. The number of carboxylic acid groups (broad SMARTS) is 1. The summed E-state index contributed by atoms with van der Waals surface area (Å²) in [5.74, 6) is -0.969. The van der Waals surface area contributed by atoms with Crippen LogP contribution in [0.4, 0.5) is 4.39 Å². The van der Waals surface area contributed by atoms with E-state index >= 15 is 0 Å². The van der Waals surface area contributed by atoms with Crippen LogP contribution in [0.5, 0.6) is 11.5 Å². The van der Waals surface area contributed by atoms with Gasteiger partial charge in [0, 0.05) is 12.1 Å². The van der Waals surface area contributed by atoms with Crippen molar-refractivity contribution in [3.63, 3.8) is 0 Å². The van der Waals surface area contributed by atoms with Crippen LogP contribution in [0, 0.1) is 5.82 Å². The van der Waals surface area contributed by atoms with Crippen LogP contribution in [0.1, 0.15) is 18.1 Å². The van der Waals surface area contributed by atoms with Gasteiger partial charge >= 0.3 is 0 Å². The Kier molecular flexibility index (Phi) is 7.70. The molecule has 7 nitrogen and oxygen atoms in total. The smallest absolute Gasteiger partial charge is 0.187 e. The molecule has 0 saturated heterocycles. The lowest BCUT2D eigenvalue weighted by molar-refractivity contribution is -0.307. The fraction of sp³-hybridized carbons (Fsp3) is 0.211. The Bertz CT molecular complexity index is 872. The zero-order valence-corrected chi connectivity index (χ0v) is 16.1. The molecular formula is C19H19FN3O4S-. The van der Waals surface area contributed by atoms with Gasteiger partial charge in [-0.05, 0) is 55.0 Å². The molecule has 28 heavy (non-hydrogen) atoms. The van der Waals surface area contributed by atoms with E-state index in [0.29, 0.717) is 23.1 Å². The number of nitrogens with zero attached hydrogens (tertiary/aromatic N) is 1. The highest BCUT2D eigenvalue weighted by atomic mass is 32.1. The average molecular weight is 404 g/mol. The predicted molar refractivity (Wildman–Crippen MR) is 105 cm³/mol. The number of halogens is 1. The Morgan fingerprint density at radius 2 is 1.93 bits per heavy atom. The first-order chi connectivity index (χ1) is 13.4. The molecule has 0 spiro atoms. The summed E-state index contributed by atoms with van der Waals surface area (Å²) in [5.41, 5.74) is 4.96. The number of hydrogen-bond acceptors (Lipinski definition) is 6. The van der Waals surface area contributed by atoms with Crippen LogP contribution in [-0.2, 0) is 11.3 Å². The molecule has 2 N–H and O–H groups in total. The van der Waals surface area contributed by atoms with Gasteiger partial charge in [-0.1, -0.05) is 12.1 Å². The van der Waals surface area contributed by atoms with E-state index in [1.807, 2.05) is 0 Å². The summed E-state index contributed by atoms with van der Waals surface area (Å²) in [6.45, 7) is 1.63. The fourth-order valence-electron chi connectivity index (χ4n) is 2.17. The highest BCUT2D eigenvalue weighted by Crippen LogP contribution is 2.28. The van der Waals surface area contributed by atoms with E-state index in [2.05, 4.69) is 15.8 Å². The number of thiocarbonyl (C=S) groups is 1. The summed E-state index contributed by atoms with van der Waals surface area (Å²) in [6.07, 6.45) is 0. The minimum Gasteiger partial charge on any atom is -0.546 e. The molecule has 148 valence electrons. The SMILES string of the molecule is COc1cc(/C(C)=N\NC(=S)NCc2ccc(F)cc2)ccc1OCC(=O)[O-]. The minimum absolute atomic E-state index is 0.285. The normalized spacial score (nSPS) is 10.9. The number of benzene rings is 2. The van der Waals surface area contributed by atoms with Crippen LogP contribution in [-0.4, -0.2) is 30.5 Å². The topological polar surface area (TPSA) is 95.0 Å². The second-order valence-corrected chi connectivity index (χ2v) is 6.05. The van der Waals surface area contributed by atoms with Crippen molar-refractivity contribution in [2.75, 3.05) is 13.7 Å². The summed E-state index contributed by atoms with van der Waals surface area (Å²) < 4.78 is 23.2. The molecule has 0 aliphatic heterocycles. The largest absolute Gasteiger partial charge is 0.546 e. The number of carboxylic acids is 1. The molecule has 0 fully saturated rings. The average Bonchev–Trinajstić information content (AvgIpc) is 2.69. The molecule has 0 radical (unpaired) electrons. The Hall–Kier alpha value is -3.20. The van der Waals surface area contributed by atoms with Gasteiger partial charge in [0.15, 0.2) is 16.6 Å². The summed E-state index contributed by atoms with van der Waals surface area (Å²) in [7, 11) is 1.45. The molecule has 2 aromatic rings. The lowest BCUT2D eigenvalue weighted by Gasteiger charge is -2.13. The zero-order valence-electron chi connectivity index (χ0n) is 15.3. The van der Waals surface area contributed by atoms with Crippen molar-refractivity contribution in [3.8, 4) is 11.5 Å². The van der Waals surface area contributed by atoms with Crippen molar-refractivity contribution in [2.45, 2.75) is 13.5 Å². The number of methoxy groups -OCH3 is 1. The predicted octanol–water partition coefficient (Wildman–Crippen LogP) is 1.35. The van der Waals surface area contributed by atoms with E-state index in [1.165, 1.54) is 19.2 Å². The lowest BCUT2D eigenvalue weighted by Crippen LogP contribution is -2.32. The molecule has 2 rings (SSSR count). The third kappa shape index (κ3) is 6.51. The Morgan fingerprint density at radius 3 is 2.57 bits per heavy atom. The molecule has 0 atom stereocenters. The van der Waals surface area contributed by atoms with Gasteiger partial charge < -0.3 is 24.7 Å². The number of aliphatic carboxylic acids is 1. The van der Waals surface area contributed by atoms with Gasteiger partial charge in [0.25, 0.3) is 0 Å². The van der Waals surface area contributed by atoms with Crippen LogP contribution in [0.3, 0.4) is 0 Å². The number of ether oxygens (including phenoxy) is 2. The second-order valence-electron chi connectivity index (χ2n) is 5.64. The van der Waals surface area contributed by atoms with Crippen LogP contribution in [0.25, 0.3) is 0 Å². The van der Waals surface area contributed by atoms with Crippen molar-refractivity contribution in [3.05, 3.63) is 59.4 Å². The summed E-state index contributed by atoms with van der Waals surface area (Å²) >= 11 is 5.17. The van der Waals surface area contributed by atoms with Crippen molar-refractivity contribution in [1.29, 1.82) is 0 Å². The third-order valence-corrected chi connectivity index (χ3v) is 3.85. The second kappa shape index (κ2) is 10.2. The first kappa shape index (κ1) is 21.1. The first-order valence-electron chi connectivity index (χ1n) is 8.22. The van der Waals surface area contributed by atoms with Crippen molar-refractivity contribution in [1.82, 2.24) is 10.7 Å². The number of nitrogens with one attached hydrogen (secondary N) is 2. The summed E-state index contributed by atoms with van der Waals surface area (Å²) in [5, 5.41) is 18.0. The lowest BCUT2D eigenvalue weighted by atomic mass is 10.1. The summed E-state index contributed by atoms with van der Waals surface area (Å²) in [6, 6.07) is 11.0. The van der Waals surface area contributed by atoms with Crippen molar-refractivity contribution >= 4 is 29.0 Å². The molecule has 0 unspecified atom stereocenters. The maximum Gasteiger partial charge on any atom is 0.187 e. The van der Waals surface area contributed by atoms with Crippen LogP contribution in [0.15, 0.2) is 47.6 Å². The molecule has 0 heterocycles. The highest BCUT2D eigenvalue weighted by Gasteiger charge is 2.08. The van der Waals surface area contributed by atoms with Gasteiger partial charge in [-0.15, -0.1) is 0 Å². The molecule has 0 amide bonds. The third-order valence-electron chi connectivity index (χ3n) is 3.62. The number of hydrogen-bond donors (Lipinski definition) is 2. The van der Waals surface area contributed by atoms with Gasteiger partial charge in [-0.25, -0.2) is 4.39 Å². The van der Waals surface area contributed by atoms with Gasteiger partial charge in [0.1, 0.15) is 12.4 Å². The highest BCUT2D eigenvalue weighted by molar-refractivity contribution is 7.80. The van der Waals surface area contributed by atoms with E-state index in [1.54, 1.807) is 37.3 Å². The van der Waals surface area contributed by atoms with Crippen LogP contribution < -0.4 is 25.3 Å². The standard InChI is InChI=1S/C19H20FN3O4S/c1-12(14-5-8-16(17(9-14)26-2)27-11-18(24)25)22-23-19(28)21-10-13-3-6-15(20)7-4-13/h3-9H,10-11H2,1-2H3,(H,24,25)(H2,21,23,28)/p-1/b22-12-. The molecule has 0 aromatic heterocycles. The fourth-order valence-corrected chi connectivity index (χ4v) is 2.29. The van der Waals surface area contributed by atoms with E-state index < -0.39 is 12.6 Å². The maximum absolute atomic E-state index is 12.9.